The van der Waals surface area contributed by atoms with Crippen molar-refractivity contribution in [3.8, 4) is 0 Å². The van der Waals surface area contributed by atoms with Crippen molar-refractivity contribution in [3.63, 3.8) is 0 Å². The number of fused-ring (bicyclic) bond motifs is 1. The van der Waals surface area contributed by atoms with Crippen molar-refractivity contribution in [1.29, 1.82) is 0 Å². The lowest BCUT2D eigenvalue weighted by Gasteiger charge is -2.18. The topological polar surface area (TPSA) is 63.4 Å². The predicted molar refractivity (Wildman–Crippen MR) is 70.5 cm³/mol. The summed E-state index contributed by atoms with van der Waals surface area (Å²) < 4.78 is 0. The molecule has 1 aliphatic rings. The molecule has 2 N–H and O–H groups in total. The summed E-state index contributed by atoms with van der Waals surface area (Å²) in [6.45, 7) is 4.74. The maximum absolute atomic E-state index is 12.1. The van der Waals surface area contributed by atoms with Crippen molar-refractivity contribution in [2.75, 3.05) is 11.4 Å². The summed E-state index contributed by atoms with van der Waals surface area (Å²) in [6, 6.07) is 5.33. The second-order valence-corrected chi connectivity index (χ2v) is 5.10. The molecule has 0 radical (unpaired) electrons. The molecule has 1 heterocycles. The zero-order chi connectivity index (χ0) is 13.3. The number of rotatable bonds is 3. The van der Waals surface area contributed by atoms with E-state index >= 15 is 0 Å². The third kappa shape index (κ3) is 2.37. The van der Waals surface area contributed by atoms with Crippen LogP contribution in [0.5, 0.6) is 0 Å². The Bertz CT molecular complexity index is 495. The van der Waals surface area contributed by atoms with Gasteiger partial charge in [0.2, 0.25) is 11.8 Å². The quantitative estimate of drug-likeness (QED) is 0.882. The second-order valence-electron chi connectivity index (χ2n) is 5.10. The van der Waals surface area contributed by atoms with Gasteiger partial charge < -0.3 is 10.6 Å². The van der Waals surface area contributed by atoms with Gasteiger partial charge in [0.1, 0.15) is 0 Å². The van der Waals surface area contributed by atoms with Crippen molar-refractivity contribution in [2.45, 2.75) is 26.7 Å². The van der Waals surface area contributed by atoms with E-state index in [2.05, 4.69) is 0 Å². The third-order valence-electron chi connectivity index (χ3n) is 3.15. The molecule has 0 fully saturated rings. The minimum Gasteiger partial charge on any atom is -0.366 e. The highest BCUT2D eigenvalue weighted by Crippen LogP contribution is 2.30. The van der Waals surface area contributed by atoms with Gasteiger partial charge in [-0.2, -0.15) is 0 Å². The minimum atomic E-state index is -0.457. The molecule has 1 aromatic carbocycles. The lowest BCUT2D eigenvalue weighted by molar-refractivity contribution is -0.119. The molecule has 96 valence electrons. The van der Waals surface area contributed by atoms with Crippen LogP contribution in [0.1, 0.15) is 36.2 Å². The molecule has 4 nitrogen and oxygen atoms in total. The second kappa shape index (κ2) is 4.80. The van der Waals surface area contributed by atoms with Crippen LogP contribution in [0.2, 0.25) is 0 Å². The summed E-state index contributed by atoms with van der Waals surface area (Å²) in [4.78, 5) is 25.0. The summed E-state index contributed by atoms with van der Waals surface area (Å²) in [7, 11) is 0. The molecule has 18 heavy (non-hydrogen) atoms. The fourth-order valence-corrected chi connectivity index (χ4v) is 2.25. The van der Waals surface area contributed by atoms with Crippen LogP contribution in [-0.4, -0.2) is 18.4 Å². The lowest BCUT2D eigenvalue weighted by atomic mass is 10.1. The van der Waals surface area contributed by atoms with Crippen LogP contribution in [0, 0.1) is 5.92 Å². The number of primary amides is 1. The van der Waals surface area contributed by atoms with Gasteiger partial charge in [0.05, 0.1) is 0 Å². The molecule has 0 saturated heterocycles. The molecule has 1 aliphatic heterocycles. The fraction of sp³-hybridized carbons (Fsp3) is 0.429. The maximum atomic E-state index is 12.1. The monoisotopic (exact) mass is 246 g/mol. The van der Waals surface area contributed by atoms with Gasteiger partial charge >= 0.3 is 0 Å². The van der Waals surface area contributed by atoms with Gasteiger partial charge in [0.15, 0.2) is 0 Å². The standard InChI is InChI=1S/C14H18N2O2/c1-9(2)7-13(17)16-6-5-10-3-4-11(14(15)18)8-12(10)16/h3-4,8-9H,5-7H2,1-2H3,(H2,15,18). The van der Waals surface area contributed by atoms with Crippen LogP contribution in [0.3, 0.4) is 0 Å². The molecule has 4 heteroatoms. The Morgan fingerprint density at radius 1 is 1.39 bits per heavy atom. The Morgan fingerprint density at radius 2 is 2.11 bits per heavy atom. The van der Waals surface area contributed by atoms with Crippen molar-refractivity contribution in [1.82, 2.24) is 0 Å². The molecule has 0 spiro atoms. The predicted octanol–water partition coefficient (Wildman–Crippen LogP) is 1.72. The van der Waals surface area contributed by atoms with Gasteiger partial charge in [0, 0.05) is 24.2 Å². The molecule has 0 aliphatic carbocycles. The van der Waals surface area contributed by atoms with E-state index in [0.717, 1.165) is 17.7 Å². The van der Waals surface area contributed by atoms with Gasteiger partial charge in [-0.3, -0.25) is 9.59 Å². The number of nitrogens with two attached hydrogens (primary N) is 1. The van der Waals surface area contributed by atoms with Crippen LogP contribution >= 0.6 is 0 Å². The average molecular weight is 246 g/mol. The molecular formula is C14H18N2O2. The van der Waals surface area contributed by atoms with Gasteiger partial charge in [-0.05, 0) is 30.0 Å². The Hall–Kier alpha value is -1.84. The molecule has 0 atom stereocenters. The molecule has 0 saturated carbocycles. The number of amides is 2. The Balaban J connectivity index is 2.28. The first kappa shape index (κ1) is 12.6. The smallest absolute Gasteiger partial charge is 0.248 e. The molecule has 2 amide bonds. The largest absolute Gasteiger partial charge is 0.366 e. The zero-order valence-corrected chi connectivity index (χ0v) is 10.8. The molecule has 0 bridgehead atoms. The Kier molecular flexibility index (Phi) is 3.36. The summed E-state index contributed by atoms with van der Waals surface area (Å²) in [6.07, 6.45) is 1.37. The van der Waals surface area contributed by atoms with E-state index in [1.54, 1.807) is 17.0 Å². The van der Waals surface area contributed by atoms with E-state index in [4.69, 9.17) is 5.73 Å². The third-order valence-corrected chi connectivity index (χ3v) is 3.15. The van der Waals surface area contributed by atoms with Gasteiger partial charge in [0.25, 0.3) is 0 Å². The van der Waals surface area contributed by atoms with Crippen LogP contribution in [0.4, 0.5) is 5.69 Å². The highest BCUT2D eigenvalue weighted by atomic mass is 16.2. The van der Waals surface area contributed by atoms with Gasteiger partial charge in [-0.1, -0.05) is 19.9 Å². The van der Waals surface area contributed by atoms with Crippen molar-refractivity contribution in [2.24, 2.45) is 11.7 Å². The molecule has 0 aromatic heterocycles. The van der Waals surface area contributed by atoms with E-state index in [1.807, 2.05) is 19.9 Å². The van der Waals surface area contributed by atoms with Crippen LogP contribution < -0.4 is 10.6 Å². The number of hydrogen-bond donors (Lipinski definition) is 1. The summed E-state index contributed by atoms with van der Waals surface area (Å²) in [5.74, 6) is -0.00722. The molecule has 2 rings (SSSR count). The Morgan fingerprint density at radius 3 is 2.72 bits per heavy atom. The molecule has 1 aromatic rings. The number of anilines is 1. The van der Waals surface area contributed by atoms with Gasteiger partial charge in [-0.25, -0.2) is 0 Å². The highest BCUT2D eigenvalue weighted by Gasteiger charge is 2.25. The van der Waals surface area contributed by atoms with Crippen molar-refractivity contribution in [3.05, 3.63) is 29.3 Å². The first-order valence-corrected chi connectivity index (χ1v) is 6.22. The van der Waals surface area contributed by atoms with Crippen molar-refractivity contribution >= 4 is 17.5 Å². The number of hydrogen-bond acceptors (Lipinski definition) is 2. The molecular weight excluding hydrogens is 228 g/mol. The van der Waals surface area contributed by atoms with Crippen LogP contribution in [0.25, 0.3) is 0 Å². The normalized spacial score (nSPS) is 13.8. The lowest BCUT2D eigenvalue weighted by Crippen LogP contribution is -2.29. The van der Waals surface area contributed by atoms with Crippen LogP contribution in [-0.2, 0) is 11.2 Å². The number of carbonyl (C=O) groups excluding carboxylic acids is 2. The number of nitrogens with zero attached hydrogens (tertiary/aromatic N) is 1. The zero-order valence-electron chi connectivity index (χ0n) is 10.8. The van der Waals surface area contributed by atoms with E-state index in [0.29, 0.717) is 24.4 Å². The minimum absolute atomic E-state index is 0.116. The van der Waals surface area contributed by atoms with Crippen LogP contribution in [0.15, 0.2) is 18.2 Å². The van der Waals surface area contributed by atoms with E-state index in [-0.39, 0.29) is 5.91 Å². The Labute approximate surface area is 107 Å². The SMILES string of the molecule is CC(C)CC(=O)N1CCc2ccc(C(N)=O)cc21. The first-order valence-electron chi connectivity index (χ1n) is 6.22. The first-order chi connectivity index (χ1) is 8.49. The van der Waals surface area contributed by atoms with Gasteiger partial charge in [-0.15, -0.1) is 0 Å². The average Bonchev–Trinajstić information content (AvgIpc) is 2.70. The maximum Gasteiger partial charge on any atom is 0.248 e. The number of benzene rings is 1. The number of carbonyl (C=O) groups is 2. The summed E-state index contributed by atoms with van der Waals surface area (Å²) >= 11 is 0. The summed E-state index contributed by atoms with van der Waals surface area (Å²) in [5, 5.41) is 0. The van der Waals surface area contributed by atoms with E-state index in [9.17, 15) is 9.59 Å². The summed E-state index contributed by atoms with van der Waals surface area (Å²) in [5.41, 5.74) is 7.68. The van der Waals surface area contributed by atoms with E-state index in [1.165, 1.54) is 0 Å². The van der Waals surface area contributed by atoms with Crippen molar-refractivity contribution < 1.29 is 9.59 Å². The van der Waals surface area contributed by atoms with E-state index < -0.39 is 5.91 Å². The fourth-order valence-electron chi connectivity index (χ4n) is 2.25. The molecule has 0 unspecified atom stereocenters. The highest BCUT2D eigenvalue weighted by molar-refractivity contribution is 5.99.